The number of hydrogen-bond donors (Lipinski definition) is 1. The van der Waals surface area contributed by atoms with Crippen LogP contribution in [0, 0.1) is 6.92 Å². The molecule has 0 saturated heterocycles. The Labute approximate surface area is 105 Å². The van der Waals surface area contributed by atoms with Crippen LogP contribution in [-0.2, 0) is 4.79 Å². The third-order valence-corrected chi connectivity index (χ3v) is 2.78. The van der Waals surface area contributed by atoms with Gasteiger partial charge in [-0.05, 0) is 19.4 Å². The summed E-state index contributed by atoms with van der Waals surface area (Å²) in [5, 5.41) is 3.37. The predicted octanol–water partition coefficient (Wildman–Crippen LogP) is 2.94. The Bertz CT molecular complexity index is 460. The minimum absolute atomic E-state index is 0.0945. The van der Waals surface area contributed by atoms with E-state index in [-0.39, 0.29) is 12.3 Å². The highest BCUT2D eigenvalue weighted by Gasteiger charge is 2.06. The topological polar surface area (TPSA) is 54.4 Å². The molecule has 1 amide bonds. The van der Waals surface area contributed by atoms with Gasteiger partial charge in [-0.2, -0.15) is 0 Å². The van der Waals surface area contributed by atoms with Crippen LogP contribution < -0.4 is 5.32 Å². The first-order valence-corrected chi connectivity index (χ1v) is 5.99. The molecule has 1 rings (SSSR count). The number of aromatic nitrogens is 1. The second-order valence-electron chi connectivity index (χ2n) is 3.33. The van der Waals surface area contributed by atoms with Crippen molar-refractivity contribution in [1.82, 2.24) is 4.98 Å². The maximum Gasteiger partial charge on any atom is 0.230 e. The molecule has 1 aromatic rings. The zero-order valence-electron chi connectivity index (χ0n) is 9.93. The zero-order valence-corrected chi connectivity index (χ0v) is 10.8. The molecule has 1 N–H and O–H groups in total. The van der Waals surface area contributed by atoms with E-state index in [2.05, 4.69) is 21.9 Å². The van der Waals surface area contributed by atoms with Gasteiger partial charge in [-0.25, -0.2) is 4.98 Å². The van der Waals surface area contributed by atoms with Crippen molar-refractivity contribution in [1.29, 1.82) is 0 Å². The van der Waals surface area contributed by atoms with Crippen molar-refractivity contribution < 1.29 is 4.79 Å². The Morgan fingerprint density at radius 3 is 3.00 bits per heavy atom. The lowest BCUT2D eigenvalue weighted by molar-refractivity contribution is -0.115. The van der Waals surface area contributed by atoms with Crippen LogP contribution in [0.4, 0.5) is 5.13 Å². The van der Waals surface area contributed by atoms with Crippen molar-refractivity contribution in [2.24, 2.45) is 4.99 Å². The van der Waals surface area contributed by atoms with Gasteiger partial charge in [0.1, 0.15) is 0 Å². The van der Waals surface area contributed by atoms with Crippen molar-refractivity contribution >= 4 is 28.6 Å². The van der Waals surface area contributed by atoms with Gasteiger partial charge in [0, 0.05) is 23.5 Å². The van der Waals surface area contributed by atoms with E-state index in [1.54, 1.807) is 12.4 Å². The number of aryl methyl sites for hydroxylation is 1. The van der Waals surface area contributed by atoms with E-state index in [9.17, 15) is 4.79 Å². The molecule has 1 heterocycles. The lowest BCUT2D eigenvalue weighted by Gasteiger charge is -2.01. The molecule has 0 fully saturated rings. The van der Waals surface area contributed by atoms with Gasteiger partial charge in [-0.15, -0.1) is 11.3 Å². The Hall–Kier alpha value is -1.75. The van der Waals surface area contributed by atoms with Gasteiger partial charge in [-0.1, -0.05) is 12.7 Å². The summed E-state index contributed by atoms with van der Waals surface area (Å²) < 4.78 is 0. The molecule has 1 aromatic heterocycles. The van der Waals surface area contributed by atoms with E-state index < -0.39 is 0 Å². The number of carbonyl (C=O) groups excluding carboxylic acids is 1. The van der Waals surface area contributed by atoms with Gasteiger partial charge >= 0.3 is 0 Å². The number of aliphatic imine (C=N–C) groups is 1. The Morgan fingerprint density at radius 2 is 2.47 bits per heavy atom. The van der Waals surface area contributed by atoms with Gasteiger partial charge in [0.05, 0.1) is 6.42 Å². The average molecular weight is 249 g/mol. The fraction of sp³-hybridized carbons (Fsp3) is 0.250. The van der Waals surface area contributed by atoms with Gasteiger partial charge < -0.3 is 5.32 Å². The van der Waals surface area contributed by atoms with Crippen LogP contribution in [0.5, 0.6) is 0 Å². The molecule has 0 unspecified atom stereocenters. The number of nitrogens with zero attached hydrogens (tertiary/aromatic N) is 2. The molecule has 0 bridgehead atoms. The molecular weight excluding hydrogens is 234 g/mol. The summed E-state index contributed by atoms with van der Waals surface area (Å²) in [6.07, 6.45) is 6.92. The first-order chi connectivity index (χ1) is 8.15. The summed E-state index contributed by atoms with van der Waals surface area (Å²) in [6.45, 7) is 7.29. The molecule has 0 saturated carbocycles. The summed E-state index contributed by atoms with van der Waals surface area (Å²) >= 11 is 1.46. The normalized spacial score (nSPS) is 11.8. The summed E-state index contributed by atoms with van der Waals surface area (Å²) in [5.41, 5.74) is 0.843. The predicted molar refractivity (Wildman–Crippen MR) is 72.5 cm³/mol. The molecule has 5 heteroatoms. The number of anilines is 1. The molecule has 0 spiro atoms. The van der Waals surface area contributed by atoms with Crippen LogP contribution in [0.2, 0.25) is 0 Å². The highest BCUT2D eigenvalue weighted by Crippen LogP contribution is 2.16. The van der Waals surface area contributed by atoms with Crippen LogP contribution in [0.3, 0.4) is 0 Å². The van der Waals surface area contributed by atoms with Crippen molar-refractivity contribution in [2.45, 2.75) is 20.3 Å². The van der Waals surface area contributed by atoms with Crippen LogP contribution in [0.25, 0.3) is 0 Å². The molecular formula is C12H15N3OS. The van der Waals surface area contributed by atoms with Gasteiger partial charge in [0.2, 0.25) is 5.91 Å². The van der Waals surface area contributed by atoms with E-state index in [0.29, 0.717) is 5.13 Å². The molecule has 0 aliphatic rings. The monoisotopic (exact) mass is 249 g/mol. The van der Waals surface area contributed by atoms with Crippen molar-refractivity contribution in [2.75, 3.05) is 5.32 Å². The van der Waals surface area contributed by atoms with E-state index in [4.69, 9.17) is 0 Å². The summed E-state index contributed by atoms with van der Waals surface area (Å²) in [4.78, 5) is 20.7. The lowest BCUT2D eigenvalue weighted by atomic mass is 10.2. The first-order valence-electron chi connectivity index (χ1n) is 5.17. The smallest absolute Gasteiger partial charge is 0.230 e. The van der Waals surface area contributed by atoms with Gasteiger partial charge in [-0.3, -0.25) is 9.79 Å². The molecule has 90 valence electrons. The summed E-state index contributed by atoms with van der Waals surface area (Å²) in [5.74, 6) is -0.0945. The quantitative estimate of drug-likeness (QED) is 0.816. The highest BCUT2D eigenvalue weighted by molar-refractivity contribution is 7.15. The zero-order chi connectivity index (χ0) is 12.7. The molecule has 0 aliphatic carbocycles. The van der Waals surface area contributed by atoms with E-state index in [0.717, 1.165) is 10.5 Å². The van der Waals surface area contributed by atoms with Crippen molar-refractivity contribution in [3.05, 3.63) is 35.5 Å². The lowest BCUT2D eigenvalue weighted by Crippen LogP contribution is -2.12. The first kappa shape index (κ1) is 13.3. The molecule has 0 radical (unpaired) electrons. The molecule has 0 atom stereocenters. The van der Waals surface area contributed by atoms with E-state index >= 15 is 0 Å². The highest BCUT2D eigenvalue weighted by atomic mass is 32.1. The number of hydrogen-bond acceptors (Lipinski definition) is 4. The maximum absolute atomic E-state index is 11.7. The minimum Gasteiger partial charge on any atom is -0.302 e. The number of thiazole rings is 1. The number of amides is 1. The Balaban J connectivity index is 2.54. The number of nitrogens with one attached hydrogen (secondary N) is 1. The largest absolute Gasteiger partial charge is 0.302 e. The van der Waals surface area contributed by atoms with Crippen LogP contribution >= 0.6 is 11.3 Å². The van der Waals surface area contributed by atoms with E-state index in [1.165, 1.54) is 17.5 Å². The van der Waals surface area contributed by atoms with Gasteiger partial charge in [0.15, 0.2) is 5.13 Å². The van der Waals surface area contributed by atoms with Crippen molar-refractivity contribution in [3.8, 4) is 0 Å². The van der Waals surface area contributed by atoms with Crippen LogP contribution in [0.15, 0.2) is 35.6 Å². The minimum atomic E-state index is -0.0945. The van der Waals surface area contributed by atoms with Crippen molar-refractivity contribution in [3.63, 3.8) is 0 Å². The van der Waals surface area contributed by atoms with Gasteiger partial charge in [0.25, 0.3) is 0 Å². The fourth-order valence-corrected chi connectivity index (χ4v) is 1.81. The molecule has 4 nitrogen and oxygen atoms in total. The molecule has 0 aromatic carbocycles. The second kappa shape index (κ2) is 6.75. The fourth-order valence-electron chi connectivity index (χ4n) is 1.13. The summed E-state index contributed by atoms with van der Waals surface area (Å²) in [7, 11) is 0. The average Bonchev–Trinajstić information content (AvgIpc) is 2.69. The second-order valence-corrected chi connectivity index (χ2v) is 4.56. The van der Waals surface area contributed by atoms with Crippen LogP contribution in [0.1, 0.15) is 18.2 Å². The SMILES string of the molecule is C=CN=C/C(=C\C)CC(=O)Nc1ncc(C)s1. The number of rotatable bonds is 5. The van der Waals surface area contributed by atoms with E-state index in [1.807, 2.05) is 19.9 Å². The summed E-state index contributed by atoms with van der Waals surface area (Å²) in [6, 6.07) is 0. The molecule has 0 aliphatic heterocycles. The maximum atomic E-state index is 11.7. The third kappa shape index (κ3) is 4.74. The Morgan fingerprint density at radius 1 is 1.71 bits per heavy atom. The number of allylic oxidation sites excluding steroid dienone is 1. The number of carbonyl (C=O) groups is 1. The van der Waals surface area contributed by atoms with Crippen LogP contribution in [-0.4, -0.2) is 17.1 Å². The third-order valence-electron chi connectivity index (χ3n) is 1.95. The molecule has 17 heavy (non-hydrogen) atoms. The Kier molecular flexibility index (Phi) is 5.29. The standard InChI is InChI=1S/C12H15N3OS/c1-4-10(8-13-5-2)6-11(16)15-12-14-7-9(3)17-12/h4-5,7-8H,2,6H2,1,3H3,(H,14,15,16)/b10-4-,13-8?.